The maximum absolute atomic E-state index is 13.1. The summed E-state index contributed by atoms with van der Waals surface area (Å²) in [5.74, 6) is 0.917. The number of carbonyl (C=O) groups excluding carboxylic acids is 2. The molecule has 0 saturated heterocycles. The van der Waals surface area contributed by atoms with E-state index in [-0.39, 0.29) is 23.4 Å². The van der Waals surface area contributed by atoms with Crippen LogP contribution in [0.2, 0.25) is 0 Å². The van der Waals surface area contributed by atoms with E-state index in [0.717, 1.165) is 22.1 Å². The number of amidine groups is 2. The number of fused-ring (bicyclic) bond motifs is 3. The van der Waals surface area contributed by atoms with Crippen molar-refractivity contribution in [1.29, 1.82) is 0 Å². The van der Waals surface area contributed by atoms with Crippen molar-refractivity contribution in [3.8, 4) is 0 Å². The van der Waals surface area contributed by atoms with Gasteiger partial charge in [0.15, 0.2) is 11.0 Å². The van der Waals surface area contributed by atoms with E-state index in [1.54, 1.807) is 17.0 Å². The summed E-state index contributed by atoms with van der Waals surface area (Å²) in [6.45, 7) is 4.10. The van der Waals surface area contributed by atoms with Crippen LogP contribution in [0.15, 0.2) is 63.0 Å². The number of benzene rings is 2. The molecule has 148 valence electrons. The molecule has 2 atom stereocenters. The molecule has 0 aromatic heterocycles. The third-order valence-corrected chi connectivity index (χ3v) is 6.65. The molecule has 2 aliphatic rings. The number of carbonyl (C=O) groups is 2. The van der Waals surface area contributed by atoms with E-state index in [2.05, 4.69) is 27.8 Å². The number of rotatable bonds is 5. The first-order valence-corrected chi connectivity index (χ1v) is 11.3. The van der Waals surface area contributed by atoms with E-state index in [1.807, 2.05) is 43.3 Å². The van der Waals surface area contributed by atoms with Crippen LogP contribution in [0.25, 0.3) is 0 Å². The van der Waals surface area contributed by atoms with E-state index in [4.69, 9.17) is 4.99 Å². The SMILES string of the molecule is CC[C@H](C)[C@H]1N=C2c3ccccc3N=C(SCC(=O)c3ccc(Br)cc3)N2C1=O. The van der Waals surface area contributed by atoms with Gasteiger partial charge in [-0.3, -0.25) is 14.6 Å². The Kier molecular flexibility index (Phi) is 5.69. The minimum Gasteiger partial charge on any atom is -0.293 e. The van der Waals surface area contributed by atoms with E-state index in [1.165, 1.54) is 11.8 Å². The number of thioether (sulfide) groups is 1. The van der Waals surface area contributed by atoms with Gasteiger partial charge in [-0.05, 0) is 30.2 Å². The van der Waals surface area contributed by atoms with Crippen LogP contribution in [0.5, 0.6) is 0 Å². The van der Waals surface area contributed by atoms with Gasteiger partial charge in [-0.2, -0.15) is 0 Å². The largest absolute Gasteiger partial charge is 0.293 e. The molecule has 0 unspecified atom stereocenters. The van der Waals surface area contributed by atoms with Gasteiger partial charge < -0.3 is 0 Å². The topological polar surface area (TPSA) is 62.1 Å². The second-order valence-corrected chi connectivity index (χ2v) is 8.95. The standard InChI is InChI=1S/C22H20BrN3O2S/c1-3-13(2)19-21(28)26-20(25-19)16-6-4-5-7-17(16)24-22(26)29-12-18(27)14-8-10-15(23)11-9-14/h4-11,13,19H,3,12H2,1-2H3/t13-,19+/m0/s1. The first-order chi connectivity index (χ1) is 14.0. The lowest BCUT2D eigenvalue weighted by atomic mass is 10.00. The number of hydrogen-bond acceptors (Lipinski definition) is 5. The monoisotopic (exact) mass is 469 g/mol. The van der Waals surface area contributed by atoms with Crippen LogP contribution in [0, 0.1) is 5.92 Å². The van der Waals surface area contributed by atoms with Crippen molar-refractivity contribution < 1.29 is 9.59 Å². The number of ketones is 1. The quantitative estimate of drug-likeness (QED) is 0.574. The first-order valence-electron chi connectivity index (χ1n) is 9.51. The molecule has 2 aliphatic heterocycles. The molecule has 5 nitrogen and oxygen atoms in total. The zero-order chi connectivity index (χ0) is 20.5. The molecule has 29 heavy (non-hydrogen) atoms. The summed E-state index contributed by atoms with van der Waals surface area (Å²) in [5, 5.41) is 0.517. The third-order valence-electron chi connectivity index (χ3n) is 5.18. The van der Waals surface area contributed by atoms with Gasteiger partial charge >= 0.3 is 0 Å². The van der Waals surface area contributed by atoms with E-state index >= 15 is 0 Å². The maximum atomic E-state index is 13.1. The number of aliphatic imine (C=N–C) groups is 2. The predicted octanol–water partition coefficient (Wildman–Crippen LogP) is 5.07. The van der Waals surface area contributed by atoms with Gasteiger partial charge in [-0.1, -0.05) is 72.2 Å². The van der Waals surface area contributed by atoms with Crippen LogP contribution in [-0.2, 0) is 4.79 Å². The highest BCUT2D eigenvalue weighted by Crippen LogP contribution is 2.35. The summed E-state index contributed by atoms with van der Waals surface area (Å²) in [7, 11) is 0. The highest BCUT2D eigenvalue weighted by atomic mass is 79.9. The molecule has 0 spiro atoms. The fraction of sp³-hybridized carbons (Fsp3) is 0.273. The normalized spacial score (nSPS) is 18.7. The highest BCUT2D eigenvalue weighted by molar-refractivity contribution is 9.10. The van der Waals surface area contributed by atoms with Crippen molar-refractivity contribution in [2.75, 3.05) is 5.75 Å². The predicted molar refractivity (Wildman–Crippen MR) is 121 cm³/mol. The van der Waals surface area contributed by atoms with Gasteiger partial charge in [-0.25, -0.2) is 9.89 Å². The van der Waals surface area contributed by atoms with E-state index in [0.29, 0.717) is 16.6 Å². The zero-order valence-corrected chi connectivity index (χ0v) is 18.5. The molecule has 1 amide bonds. The summed E-state index contributed by atoms with van der Waals surface area (Å²) in [6, 6.07) is 14.5. The average molecular weight is 470 g/mol. The molecule has 0 fully saturated rings. The van der Waals surface area contributed by atoms with E-state index in [9.17, 15) is 9.59 Å². The van der Waals surface area contributed by atoms with Crippen molar-refractivity contribution in [2.24, 2.45) is 15.9 Å². The molecular weight excluding hydrogens is 450 g/mol. The lowest BCUT2D eigenvalue weighted by Gasteiger charge is -2.25. The Balaban J connectivity index is 1.62. The summed E-state index contributed by atoms with van der Waals surface area (Å²) < 4.78 is 0.926. The first kappa shape index (κ1) is 20.0. The van der Waals surface area contributed by atoms with Crippen molar-refractivity contribution >= 4 is 56.1 Å². The fourth-order valence-electron chi connectivity index (χ4n) is 3.31. The smallest absolute Gasteiger partial charge is 0.259 e. The van der Waals surface area contributed by atoms with Gasteiger partial charge in [0.25, 0.3) is 5.91 Å². The summed E-state index contributed by atoms with van der Waals surface area (Å²) >= 11 is 4.66. The van der Waals surface area contributed by atoms with Crippen molar-refractivity contribution in [2.45, 2.75) is 26.3 Å². The number of amides is 1. The number of para-hydroxylation sites is 1. The van der Waals surface area contributed by atoms with Crippen LogP contribution in [-0.4, -0.2) is 39.4 Å². The van der Waals surface area contributed by atoms with Crippen LogP contribution in [0.1, 0.15) is 36.2 Å². The van der Waals surface area contributed by atoms with Crippen molar-refractivity contribution in [3.05, 3.63) is 64.1 Å². The van der Waals surface area contributed by atoms with Crippen LogP contribution >= 0.6 is 27.7 Å². The Bertz CT molecular complexity index is 1030. The lowest BCUT2D eigenvalue weighted by Crippen LogP contribution is -2.42. The fourth-order valence-corrected chi connectivity index (χ4v) is 4.47. The molecule has 0 aliphatic carbocycles. The average Bonchev–Trinajstić information content (AvgIpc) is 3.09. The zero-order valence-electron chi connectivity index (χ0n) is 16.1. The Morgan fingerprint density at radius 2 is 1.93 bits per heavy atom. The molecule has 2 heterocycles. The van der Waals surface area contributed by atoms with Crippen LogP contribution < -0.4 is 0 Å². The number of halogens is 1. The maximum Gasteiger partial charge on any atom is 0.259 e. The minimum atomic E-state index is -0.408. The van der Waals surface area contributed by atoms with E-state index < -0.39 is 6.04 Å². The molecule has 0 N–H and O–H groups in total. The second kappa shape index (κ2) is 8.24. The van der Waals surface area contributed by atoms with Gasteiger partial charge in [-0.15, -0.1) is 0 Å². The molecule has 0 saturated carbocycles. The molecule has 2 aromatic carbocycles. The molecule has 0 bridgehead atoms. The Morgan fingerprint density at radius 1 is 1.21 bits per heavy atom. The lowest BCUT2D eigenvalue weighted by molar-refractivity contribution is -0.125. The van der Waals surface area contributed by atoms with Crippen LogP contribution in [0.3, 0.4) is 0 Å². The van der Waals surface area contributed by atoms with Crippen molar-refractivity contribution in [3.63, 3.8) is 0 Å². The summed E-state index contributed by atoms with van der Waals surface area (Å²) in [6.07, 6.45) is 0.865. The molecule has 7 heteroatoms. The number of Topliss-reactive ketones (excluding diaryl/α,β-unsaturated/α-hetero) is 1. The highest BCUT2D eigenvalue weighted by Gasteiger charge is 2.43. The third kappa shape index (κ3) is 3.81. The second-order valence-electron chi connectivity index (χ2n) is 7.09. The molecule has 0 radical (unpaired) electrons. The van der Waals surface area contributed by atoms with Gasteiger partial charge in [0.2, 0.25) is 0 Å². The minimum absolute atomic E-state index is 0.00679. The van der Waals surface area contributed by atoms with Gasteiger partial charge in [0.05, 0.1) is 11.4 Å². The number of hydrogen-bond donors (Lipinski definition) is 0. The van der Waals surface area contributed by atoms with Gasteiger partial charge in [0, 0.05) is 15.6 Å². The van der Waals surface area contributed by atoms with Gasteiger partial charge in [0.1, 0.15) is 11.9 Å². The van der Waals surface area contributed by atoms with Crippen LogP contribution in [0.4, 0.5) is 5.69 Å². The molecule has 2 aromatic rings. The molecule has 4 rings (SSSR count). The Morgan fingerprint density at radius 3 is 2.66 bits per heavy atom. The Labute approximate surface area is 182 Å². The number of nitrogens with zero attached hydrogens (tertiary/aromatic N) is 3. The summed E-state index contributed by atoms with van der Waals surface area (Å²) in [4.78, 5) is 36.8. The molecular formula is C22H20BrN3O2S. The van der Waals surface area contributed by atoms with Crippen molar-refractivity contribution in [1.82, 2.24) is 4.90 Å². The Hall–Kier alpha value is -2.25. The summed E-state index contributed by atoms with van der Waals surface area (Å²) in [5.41, 5.74) is 2.27.